The fourth-order valence-corrected chi connectivity index (χ4v) is 7.42. The SMILES string of the molecule is CC1c2ccccc2-c2ccc(-c3ccc(N(C)c4ccc(-c5ccc6c(c5)C(C)(C)c5ccccc5-6)cc4)cc3)cc21. The molecule has 6 aromatic rings. The highest BCUT2D eigenvalue weighted by atomic mass is 15.1. The van der Waals surface area contributed by atoms with Crippen LogP contribution in [0.4, 0.5) is 11.4 Å². The quantitative estimate of drug-likeness (QED) is 0.210. The Kier molecular flexibility index (Phi) is 5.74. The predicted molar refractivity (Wildman–Crippen MR) is 182 cm³/mol. The van der Waals surface area contributed by atoms with Crippen LogP contribution < -0.4 is 4.90 Å². The van der Waals surface area contributed by atoms with Crippen molar-refractivity contribution in [3.8, 4) is 44.5 Å². The summed E-state index contributed by atoms with van der Waals surface area (Å²) in [5, 5.41) is 0. The standard InChI is InChI=1S/C42H35N/c1-27-34-9-5-6-10-35(34)36-23-17-30(25-39(27)36)28-13-19-32(20-14-28)43(4)33-21-15-29(16-22-33)31-18-24-38-37-11-7-8-12-40(37)42(2,3)41(38)26-31/h5-27H,1-4H3. The minimum absolute atomic E-state index is 0.0112. The highest BCUT2D eigenvalue weighted by Crippen LogP contribution is 2.50. The maximum absolute atomic E-state index is 2.39. The summed E-state index contributed by atoms with van der Waals surface area (Å²) >= 11 is 0. The Morgan fingerprint density at radius 2 is 0.953 bits per heavy atom. The Morgan fingerprint density at radius 3 is 1.63 bits per heavy atom. The first kappa shape index (κ1) is 25.8. The van der Waals surface area contributed by atoms with Gasteiger partial charge in [0, 0.05) is 29.8 Å². The number of rotatable bonds is 4. The molecule has 2 aliphatic rings. The number of benzene rings is 6. The van der Waals surface area contributed by atoms with Gasteiger partial charge in [-0.1, -0.05) is 118 Å². The normalized spacial score (nSPS) is 15.4. The molecule has 8 rings (SSSR count). The van der Waals surface area contributed by atoms with Crippen LogP contribution in [0.1, 0.15) is 48.9 Å². The molecule has 6 aromatic carbocycles. The van der Waals surface area contributed by atoms with Crippen LogP contribution in [-0.2, 0) is 5.41 Å². The van der Waals surface area contributed by atoms with E-state index in [0.717, 1.165) is 0 Å². The minimum Gasteiger partial charge on any atom is -0.345 e. The summed E-state index contributed by atoms with van der Waals surface area (Å²) in [5.41, 5.74) is 18.6. The molecular formula is C42H35N. The molecule has 0 spiro atoms. The Labute approximate surface area is 255 Å². The molecule has 1 unspecified atom stereocenters. The molecule has 208 valence electrons. The molecule has 0 fully saturated rings. The second-order valence-corrected chi connectivity index (χ2v) is 12.7. The van der Waals surface area contributed by atoms with E-state index in [1.54, 1.807) is 0 Å². The number of hydrogen-bond acceptors (Lipinski definition) is 1. The third-order valence-corrected chi connectivity index (χ3v) is 9.99. The summed E-state index contributed by atoms with van der Waals surface area (Å²) in [6.45, 7) is 7.01. The van der Waals surface area contributed by atoms with Gasteiger partial charge in [-0.2, -0.15) is 0 Å². The third kappa shape index (κ3) is 3.99. The van der Waals surface area contributed by atoms with Crippen LogP contribution in [0.25, 0.3) is 44.5 Å². The minimum atomic E-state index is 0.0112. The Hall–Kier alpha value is -4.88. The molecule has 0 amide bonds. The first-order chi connectivity index (χ1) is 20.9. The van der Waals surface area contributed by atoms with Crippen molar-refractivity contribution in [2.75, 3.05) is 11.9 Å². The van der Waals surface area contributed by atoms with Gasteiger partial charge in [0.2, 0.25) is 0 Å². The Morgan fingerprint density at radius 1 is 0.465 bits per heavy atom. The predicted octanol–water partition coefficient (Wildman–Crippen LogP) is 11.2. The van der Waals surface area contributed by atoms with Gasteiger partial charge in [-0.3, -0.25) is 0 Å². The largest absolute Gasteiger partial charge is 0.345 e. The van der Waals surface area contributed by atoms with E-state index in [1.807, 2.05) is 0 Å². The van der Waals surface area contributed by atoms with Crippen LogP contribution in [0.3, 0.4) is 0 Å². The van der Waals surface area contributed by atoms with Gasteiger partial charge in [0.1, 0.15) is 0 Å². The molecule has 0 radical (unpaired) electrons. The van der Waals surface area contributed by atoms with Gasteiger partial charge < -0.3 is 4.90 Å². The first-order valence-electron chi connectivity index (χ1n) is 15.3. The number of nitrogens with zero attached hydrogens (tertiary/aromatic N) is 1. The summed E-state index contributed by atoms with van der Waals surface area (Å²) in [4.78, 5) is 2.26. The van der Waals surface area contributed by atoms with E-state index < -0.39 is 0 Å². The second-order valence-electron chi connectivity index (χ2n) is 12.7. The van der Waals surface area contributed by atoms with Crippen molar-refractivity contribution < 1.29 is 0 Å². The van der Waals surface area contributed by atoms with Crippen molar-refractivity contribution in [2.24, 2.45) is 0 Å². The van der Waals surface area contributed by atoms with E-state index >= 15 is 0 Å². The van der Waals surface area contributed by atoms with Crippen LogP contribution in [0.15, 0.2) is 133 Å². The summed E-state index contributed by atoms with van der Waals surface area (Å²) in [5.74, 6) is 0.430. The molecule has 2 aliphatic carbocycles. The fraction of sp³-hybridized carbons (Fsp3) is 0.143. The van der Waals surface area contributed by atoms with Gasteiger partial charge in [0.05, 0.1) is 0 Å². The van der Waals surface area contributed by atoms with Crippen molar-refractivity contribution in [1.29, 1.82) is 0 Å². The third-order valence-electron chi connectivity index (χ3n) is 9.99. The first-order valence-corrected chi connectivity index (χ1v) is 15.3. The molecule has 1 heteroatoms. The molecule has 0 saturated heterocycles. The summed E-state index contributed by atoms with van der Waals surface area (Å²) in [7, 11) is 2.15. The molecule has 1 atom stereocenters. The Bertz CT molecular complexity index is 2010. The lowest BCUT2D eigenvalue weighted by Crippen LogP contribution is -2.14. The van der Waals surface area contributed by atoms with Crippen molar-refractivity contribution in [3.05, 3.63) is 156 Å². The van der Waals surface area contributed by atoms with Crippen LogP contribution in [0, 0.1) is 0 Å². The van der Waals surface area contributed by atoms with Gasteiger partial charge in [-0.25, -0.2) is 0 Å². The lowest BCUT2D eigenvalue weighted by molar-refractivity contribution is 0.660. The van der Waals surface area contributed by atoms with Crippen LogP contribution in [0.2, 0.25) is 0 Å². The number of anilines is 2. The van der Waals surface area contributed by atoms with Gasteiger partial charge in [0.25, 0.3) is 0 Å². The van der Waals surface area contributed by atoms with E-state index in [2.05, 4.69) is 166 Å². The molecule has 43 heavy (non-hydrogen) atoms. The molecule has 0 aliphatic heterocycles. The van der Waals surface area contributed by atoms with Crippen molar-refractivity contribution in [2.45, 2.75) is 32.1 Å². The maximum atomic E-state index is 2.39. The van der Waals surface area contributed by atoms with Gasteiger partial charge >= 0.3 is 0 Å². The molecular weight excluding hydrogens is 518 g/mol. The van der Waals surface area contributed by atoms with Crippen LogP contribution in [0.5, 0.6) is 0 Å². The highest BCUT2D eigenvalue weighted by Gasteiger charge is 2.35. The molecule has 0 aromatic heterocycles. The molecule has 0 saturated carbocycles. The maximum Gasteiger partial charge on any atom is 0.0408 e. The van der Waals surface area contributed by atoms with E-state index in [0.29, 0.717) is 5.92 Å². The summed E-state index contributed by atoms with van der Waals surface area (Å²) < 4.78 is 0. The summed E-state index contributed by atoms with van der Waals surface area (Å²) in [6, 6.07) is 49.5. The van der Waals surface area contributed by atoms with E-state index in [9.17, 15) is 0 Å². The van der Waals surface area contributed by atoms with Crippen molar-refractivity contribution in [3.63, 3.8) is 0 Å². The van der Waals surface area contributed by atoms with Gasteiger partial charge in [0.15, 0.2) is 0 Å². The molecule has 0 bridgehead atoms. The second kappa shape index (κ2) is 9.57. The lowest BCUT2D eigenvalue weighted by Gasteiger charge is -2.22. The average Bonchev–Trinajstić information content (AvgIpc) is 3.47. The van der Waals surface area contributed by atoms with Crippen LogP contribution in [-0.4, -0.2) is 7.05 Å². The van der Waals surface area contributed by atoms with Crippen molar-refractivity contribution >= 4 is 11.4 Å². The fourth-order valence-electron chi connectivity index (χ4n) is 7.42. The number of fused-ring (bicyclic) bond motifs is 6. The summed E-state index contributed by atoms with van der Waals surface area (Å²) in [6.07, 6.45) is 0. The lowest BCUT2D eigenvalue weighted by atomic mass is 9.81. The molecule has 0 heterocycles. The van der Waals surface area contributed by atoms with Gasteiger partial charge in [-0.05, 0) is 103 Å². The zero-order valence-electron chi connectivity index (χ0n) is 25.2. The highest BCUT2D eigenvalue weighted by molar-refractivity contribution is 5.84. The number of hydrogen-bond donors (Lipinski definition) is 0. The average molecular weight is 554 g/mol. The Balaban J connectivity index is 1.02. The zero-order chi connectivity index (χ0) is 29.3. The van der Waals surface area contributed by atoms with E-state index in [-0.39, 0.29) is 5.41 Å². The van der Waals surface area contributed by atoms with Crippen molar-refractivity contribution in [1.82, 2.24) is 0 Å². The zero-order valence-corrected chi connectivity index (χ0v) is 25.2. The molecule has 0 N–H and O–H groups in total. The van der Waals surface area contributed by atoms with E-state index in [1.165, 1.54) is 78.1 Å². The van der Waals surface area contributed by atoms with E-state index in [4.69, 9.17) is 0 Å². The van der Waals surface area contributed by atoms with Crippen LogP contribution >= 0.6 is 0 Å². The monoisotopic (exact) mass is 553 g/mol. The topological polar surface area (TPSA) is 3.24 Å². The smallest absolute Gasteiger partial charge is 0.0408 e. The van der Waals surface area contributed by atoms with Gasteiger partial charge in [-0.15, -0.1) is 0 Å². The molecule has 1 nitrogen and oxygen atoms in total.